The number of aromatic hydroxyl groups is 1. The number of primary amides is 1. The minimum Gasteiger partial charge on any atom is -0.507 e. The fraction of sp³-hybridized carbons (Fsp3) is 0.553. The van der Waals surface area contributed by atoms with Gasteiger partial charge in [-0.25, -0.2) is 0 Å². The van der Waals surface area contributed by atoms with Crippen molar-refractivity contribution in [2.75, 3.05) is 21.2 Å². The molecule has 2 aromatic rings. The number of Topliss-reactive ketones (excluding diaryl/α,β-unsaturated/α-hetero) is 4. The standard InChI is InChI=1S/C38H46N2O8/c1-5-6-19-7-9-20(10-8-19)15-22-16-21(11-14-28(22)48-4)24-12-13-27(41)30-25(24)17-23-18-26-32(40(2)3)34(43)31(37(39)46)36(45)38(26,47)35(44)29(23)33(30)42/h11-14,16,19-20,23,26,29,31-32,41,47H,5-10,15,17-18H2,1-4H3,(H2,39,46)/t19?,20?,23-,26-,29?,31?,32-,38-/m1/s1. The number of fused-ring (bicyclic) bond motifs is 3. The topological polar surface area (TPSA) is 164 Å². The smallest absolute Gasteiger partial charge is 0.235 e. The van der Waals surface area contributed by atoms with E-state index in [1.807, 2.05) is 12.1 Å². The number of aliphatic hydroxyl groups is 1. The fourth-order valence-electron chi connectivity index (χ4n) is 9.42. The molecular weight excluding hydrogens is 612 g/mol. The van der Waals surface area contributed by atoms with E-state index in [2.05, 4.69) is 13.0 Å². The molecule has 0 heterocycles. The molecule has 6 rings (SSSR count). The maximum Gasteiger partial charge on any atom is 0.235 e. The highest BCUT2D eigenvalue weighted by atomic mass is 16.5. The maximum absolute atomic E-state index is 14.2. The molecule has 256 valence electrons. The SMILES string of the molecule is CCCC1CCC(Cc2cc(-c3ccc(O)c4c3C[C@@H]3C[C@@H]5[C@@H](N(C)C)C(=O)C(C(N)=O)C(=O)[C@]5(O)C(=O)C3C4=O)ccc2OC)CC1. The van der Waals surface area contributed by atoms with Gasteiger partial charge in [-0.15, -0.1) is 0 Å². The van der Waals surface area contributed by atoms with Gasteiger partial charge in [0.15, 0.2) is 34.7 Å². The van der Waals surface area contributed by atoms with Crippen molar-refractivity contribution in [2.45, 2.75) is 76.4 Å². The molecule has 3 fully saturated rings. The second-order valence-corrected chi connectivity index (χ2v) is 14.7. The van der Waals surface area contributed by atoms with Crippen LogP contribution >= 0.6 is 0 Å². The van der Waals surface area contributed by atoms with E-state index in [9.17, 15) is 34.2 Å². The van der Waals surface area contributed by atoms with Crippen molar-refractivity contribution in [3.05, 3.63) is 47.0 Å². The van der Waals surface area contributed by atoms with Gasteiger partial charge in [0.25, 0.3) is 0 Å². The third-order valence-electron chi connectivity index (χ3n) is 11.7. The normalized spacial score (nSPS) is 31.7. The largest absolute Gasteiger partial charge is 0.507 e. The summed E-state index contributed by atoms with van der Waals surface area (Å²) in [6.45, 7) is 2.24. The number of ketones is 4. The van der Waals surface area contributed by atoms with E-state index >= 15 is 0 Å². The van der Waals surface area contributed by atoms with Crippen LogP contribution in [0.4, 0.5) is 0 Å². The van der Waals surface area contributed by atoms with Crippen molar-refractivity contribution in [1.29, 1.82) is 0 Å². The predicted molar refractivity (Wildman–Crippen MR) is 177 cm³/mol. The van der Waals surface area contributed by atoms with Crippen LogP contribution < -0.4 is 10.5 Å². The Morgan fingerprint density at radius 3 is 2.33 bits per heavy atom. The number of amides is 1. The number of nitrogens with two attached hydrogens (primary N) is 1. The van der Waals surface area contributed by atoms with Gasteiger partial charge < -0.3 is 20.7 Å². The lowest BCUT2D eigenvalue weighted by atomic mass is 9.52. The van der Waals surface area contributed by atoms with E-state index in [0.717, 1.165) is 34.8 Å². The second kappa shape index (κ2) is 12.9. The van der Waals surface area contributed by atoms with E-state index in [1.54, 1.807) is 27.3 Å². The minimum absolute atomic E-state index is 0.00750. The highest BCUT2D eigenvalue weighted by Gasteiger charge is 2.69. The lowest BCUT2D eigenvalue weighted by Gasteiger charge is -2.52. The molecular formula is C38H46N2O8. The van der Waals surface area contributed by atoms with Crippen LogP contribution in [-0.4, -0.2) is 77.0 Å². The molecule has 10 heteroatoms. The van der Waals surface area contributed by atoms with Gasteiger partial charge in [0.05, 0.1) is 24.6 Å². The summed E-state index contributed by atoms with van der Waals surface area (Å²) in [6, 6.07) is 8.02. The molecule has 0 radical (unpaired) electrons. The van der Waals surface area contributed by atoms with Crippen LogP contribution in [-0.2, 0) is 32.0 Å². The van der Waals surface area contributed by atoms with Crippen LogP contribution in [0.5, 0.6) is 11.5 Å². The molecule has 1 amide bonds. The van der Waals surface area contributed by atoms with Gasteiger partial charge in [-0.1, -0.05) is 44.7 Å². The summed E-state index contributed by atoms with van der Waals surface area (Å²) in [7, 11) is 4.80. The lowest BCUT2D eigenvalue weighted by molar-refractivity contribution is -0.181. The number of likely N-dealkylation sites (N-methyl/N-ethyl adjacent to an activating group) is 1. The van der Waals surface area contributed by atoms with Crippen LogP contribution in [0.2, 0.25) is 0 Å². The number of methoxy groups -OCH3 is 1. The number of carbonyl (C=O) groups excluding carboxylic acids is 5. The van der Waals surface area contributed by atoms with Gasteiger partial charge in [-0.3, -0.25) is 28.9 Å². The average molecular weight is 659 g/mol. The van der Waals surface area contributed by atoms with Crippen LogP contribution in [0.15, 0.2) is 30.3 Å². The molecule has 3 saturated carbocycles. The Morgan fingerprint density at radius 2 is 1.71 bits per heavy atom. The molecule has 4 N–H and O–H groups in total. The monoisotopic (exact) mass is 658 g/mol. The highest BCUT2D eigenvalue weighted by molar-refractivity contribution is 6.32. The van der Waals surface area contributed by atoms with Crippen LogP contribution in [0.25, 0.3) is 11.1 Å². The van der Waals surface area contributed by atoms with Crippen molar-refractivity contribution in [2.24, 2.45) is 41.2 Å². The molecule has 10 nitrogen and oxygen atoms in total. The molecule has 4 aliphatic rings. The van der Waals surface area contributed by atoms with E-state index in [0.29, 0.717) is 11.5 Å². The molecule has 48 heavy (non-hydrogen) atoms. The number of phenols is 1. The summed E-state index contributed by atoms with van der Waals surface area (Å²) in [6.07, 6.45) is 8.39. The van der Waals surface area contributed by atoms with E-state index in [-0.39, 0.29) is 24.2 Å². The van der Waals surface area contributed by atoms with E-state index in [1.165, 1.54) is 49.5 Å². The van der Waals surface area contributed by atoms with Crippen LogP contribution in [0, 0.1) is 35.5 Å². The maximum atomic E-state index is 14.2. The lowest BCUT2D eigenvalue weighted by Crippen LogP contribution is -2.74. The van der Waals surface area contributed by atoms with Crippen molar-refractivity contribution in [3.63, 3.8) is 0 Å². The number of benzene rings is 2. The summed E-state index contributed by atoms with van der Waals surface area (Å²) in [5.41, 5.74) is 5.92. The van der Waals surface area contributed by atoms with Gasteiger partial charge in [0, 0.05) is 5.92 Å². The first-order chi connectivity index (χ1) is 22.8. The van der Waals surface area contributed by atoms with Crippen molar-refractivity contribution in [1.82, 2.24) is 4.90 Å². The molecule has 0 aliphatic heterocycles. The summed E-state index contributed by atoms with van der Waals surface area (Å²) >= 11 is 0. The van der Waals surface area contributed by atoms with Gasteiger partial charge >= 0.3 is 0 Å². The van der Waals surface area contributed by atoms with Crippen LogP contribution in [0.1, 0.15) is 73.4 Å². The zero-order chi connectivity index (χ0) is 34.7. The number of hydrogen-bond donors (Lipinski definition) is 3. The Bertz CT molecular complexity index is 1670. The second-order valence-electron chi connectivity index (χ2n) is 14.7. The van der Waals surface area contributed by atoms with Gasteiger partial charge in [0.1, 0.15) is 11.5 Å². The first-order valence-electron chi connectivity index (χ1n) is 17.2. The molecule has 0 bridgehead atoms. The fourth-order valence-corrected chi connectivity index (χ4v) is 9.42. The molecule has 4 aliphatic carbocycles. The number of hydrogen-bond acceptors (Lipinski definition) is 9. The summed E-state index contributed by atoms with van der Waals surface area (Å²) in [4.78, 5) is 69.0. The first-order valence-corrected chi connectivity index (χ1v) is 17.2. The molecule has 0 aromatic heterocycles. The summed E-state index contributed by atoms with van der Waals surface area (Å²) in [5, 5.41) is 22.8. The first kappa shape index (κ1) is 34.0. The zero-order valence-electron chi connectivity index (χ0n) is 28.2. The summed E-state index contributed by atoms with van der Waals surface area (Å²) < 4.78 is 5.75. The third kappa shape index (κ3) is 5.37. The zero-order valence-corrected chi connectivity index (χ0v) is 28.2. The Labute approximate surface area is 281 Å². The van der Waals surface area contributed by atoms with Gasteiger partial charge in [0.2, 0.25) is 5.91 Å². The number of carbonyl (C=O) groups is 5. The third-order valence-corrected chi connectivity index (χ3v) is 11.7. The number of rotatable bonds is 8. The number of ether oxygens (including phenoxy) is 1. The average Bonchev–Trinajstić information content (AvgIpc) is 3.03. The Kier molecular flexibility index (Phi) is 9.10. The van der Waals surface area contributed by atoms with Gasteiger partial charge in [-0.05, 0) is 104 Å². The van der Waals surface area contributed by atoms with E-state index < -0.39 is 64.4 Å². The molecule has 2 unspecified atom stereocenters. The van der Waals surface area contributed by atoms with E-state index in [4.69, 9.17) is 10.5 Å². The Morgan fingerprint density at radius 1 is 1.02 bits per heavy atom. The van der Waals surface area contributed by atoms with Crippen molar-refractivity contribution < 1.29 is 38.9 Å². The Balaban J connectivity index is 1.37. The van der Waals surface area contributed by atoms with Crippen molar-refractivity contribution >= 4 is 29.0 Å². The summed E-state index contributed by atoms with van der Waals surface area (Å²) in [5.74, 6) is -8.39. The Hall–Kier alpha value is -3.89. The molecule has 0 spiro atoms. The van der Waals surface area contributed by atoms with Gasteiger partial charge in [-0.2, -0.15) is 0 Å². The number of nitrogens with zero attached hydrogens (tertiary/aromatic N) is 1. The van der Waals surface area contributed by atoms with Crippen molar-refractivity contribution in [3.8, 4) is 22.6 Å². The van der Waals surface area contributed by atoms with Crippen LogP contribution in [0.3, 0.4) is 0 Å². The highest BCUT2D eigenvalue weighted by Crippen LogP contribution is 2.52. The quantitative estimate of drug-likeness (QED) is 0.359. The molecule has 0 saturated heterocycles. The molecule has 6 atom stereocenters. The predicted octanol–water partition coefficient (Wildman–Crippen LogP) is 3.69. The molecule has 2 aromatic carbocycles. The minimum atomic E-state index is -2.75. The number of phenolic OH excluding ortho intramolecular Hbond substituents is 1.